The van der Waals surface area contributed by atoms with Gasteiger partial charge in [0.1, 0.15) is 22.8 Å². The van der Waals surface area contributed by atoms with Crippen LogP contribution in [0, 0.1) is 17.8 Å². The lowest BCUT2D eigenvalue weighted by molar-refractivity contribution is -0.152. The Hall–Kier alpha value is -4.44. The number of nitrogens with two attached hydrogens (primary N) is 2. The lowest BCUT2D eigenvalue weighted by atomic mass is 9.56. The molecule has 0 aliphatic heterocycles. The van der Waals surface area contributed by atoms with Crippen molar-refractivity contribution in [1.29, 1.82) is 0 Å². The van der Waals surface area contributed by atoms with Gasteiger partial charge in [-0.25, -0.2) is 0 Å². The first-order valence-electron chi connectivity index (χ1n) is 11.6. The van der Waals surface area contributed by atoms with E-state index in [0.29, 0.717) is 22.3 Å². The van der Waals surface area contributed by atoms with Crippen molar-refractivity contribution in [2.45, 2.75) is 25.4 Å². The van der Waals surface area contributed by atoms with Crippen LogP contribution in [0.3, 0.4) is 0 Å². The number of ketones is 2. The normalized spacial score (nSPS) is 26.9. The minimum Gasteiger partial charge on any atom is -0.508 e. The van der Waals surface area contributed by atoms with E-state index >= 15 is 0 Å². The molecule has 0 radical (unpaired) electrons. The van der Waals surface area contributed by atoms with Crippen LogP contribution >= 0.6 is 0 Å². The lowest BCUT2D eigenvalue weighted by Crippen LogP contribution is -2.61. The third-order valence-corrected chi connectivity index (χ3v) is 7.90. The average Bonchev–Trinajstić information content (AvgIpc) is 2.84. The molecule has 2 aromatic carbocycles. The third-order valence-electron chi connectivity index (χ3n) is 7.90. The highest BCUT2D eigenvalue weighted by Gasteiger charge is 2.62. The maximum Gasteiger partial charge on any atom is 0.255 e. The van der Waals surface area contributed by atoms with Gasteiger partial charge in [0.05, 0.1) is 5.56 Å². The van der Waals surface area contributed by atoms with E-state index in [1.165, 1.54) is 13.0 Å². The van der Waals surface area contributed by atoms with Crippen LogP contribution in [0.5, 0.6) is 5.75 Å². The van der Waals surface area contributed by atoms with Gasteiger partial charge in [0, 0.05) is 23.0 Å². The van der Waals surface area contributed by atoms with Gasteiger partial charge >= 0.3 is 0 Å². The van der Waals surface area contributed by atoms with Gasteiger partial charge in [-0.2, -0.15) is 0 Å². The highest BCUT2D eigenvalue weighted by Crippen LogP contribution is 2.54. The summed E-state index contributed by atoms with van der Waals surface area (Å²) in [5.41, 5.74) is 9.04. The second kappa shape index (κ2) is 8.04. The van der Waals surface area contributed by atoms with Crippen molar-refractivity contribution in [3.05, 3.63) is 70.0 Å². The van der Waals surface area contributed by atoms with Gasteiger partial charge in [-0.05, 0) is 53.6 Å². The molecule has 0 unspecified atom stereocenters. The summed E-state index contributed by atoms with van der Waals surface area (Å²) in [6.07, 6.45) is 0.197. The van der Waals surface area contributed by atoms with Crippen LogP contribution in [0.15, 0.2) is 53.3 Å². The molecule has 0 spiro atoms. The van der Waals surface area contributed by atoms with Gasteiger partial charge in [-0.15, -0.1) is 0 Å². The molecule has 5 rings (SSSR count). The number of hydrogen-bond donors (Lipinski definition) is 6. The molecule has 3 aliphatic rings. The summed E-state index contributed by atoms with van der Waals surface area (Å²) in [7, 11) is 0. The summed E-state index contributed by atoms with van der Waals surface area (Å²) in [4.78, 5) is 49.8. The van der Waals surface area contributed by atoms with E-state index < -0.39 is 63.8 Å². The first-order valence-corrected chi connectivity index (χ1v) is 11.6. The summed E-state index contributed by atoms with van der Waals surface area (Å²) in [5.74, 6) is -8.41. The zero-order valence-electron chi connectivity index (χ0n) is 19.7. The Morgan fingerprint density at radius 2 is 1.62 bits per heavy atom. The first kappa shape index (κ1) is 24.3. The largest absolute Gasteiger partial charge is 0.508 e. The maximum absolute atomic E-state index is 13.7. The molecule has 0 saturated heterocycles. The van der Waals surface area contributed by atoms with E-state index in [4.69, 9.17) is 11.5 Å². The summed E-state index contributed by atoms with van der Waals surface area (Å²) < 4.78 is 0. The topological polar surface area (TPSA) is 201 Å². The summed E-state index contributed by atoms with van der Waals surface area (Å²) >= 11 is 0. The minimum atomic E-state index is -2.63. The van der Waals surface area contributed by atoms with Crippen molar-refractivity contribution in [1.82, 2.24) is 0 Å². The third kappa shape index (κ3) is 3.22. The van der Waals surface area contributed by atoms with Gasteiger partial charge in [0.25, 0.3) is 5.91 Å². The molecule has 4 atom stereocenters. The maximum atomic E-state index is 13.7. The number of carbonyl (C=O) groups is 4. The molecule has 0 bridgehead atoms. The molecule has 37 heavy (non-hydrogen) atoms. The summed E-state index contributed by atoms with van der Waals surface area (Å²) in [5, 5.41) is 44.1. The molecule has 10 heteroatoms. The van der Waals surface area contributed by atoms with Crippen LogP contribution in [-0.4, -0.2) is 49.4 Å². The second-order valence-corrected chi connectivity index (χ2v) is 9.77. The number of benzene rings is 2. The molecule has 3 aliphatic carbocycles. The molecule has 190 valence electrons. The number of phenols is 1. The molecule has 2 aromatic rings. The second-order valence-electron chi connectivity index (χ2n) is 9.77. The zero-order chi connectivity index (χ0) is 27.0. The Kier molecular flexibility index (Phi) is 5.27. The molecule has 0 aromatic heterocycles. The van der Waals surface area contributed by atoms with Gasteiger partial charge in [0.2, 0.25) is 11.7 Å². The van der Waals surface area contributed by atoms with Gasteiger partial charge in [0.15, 0.2) is 11.4 Å². The lowest BCUT2D eigenvalue weighted by Gasteiger charge is -2.48. The van der Waals surface area contributed by atoms with E-state index in [9.17, 15) is 39.6 Å². The number of carbonyl (C=O) groups excluding carboxylic acids is 4. The average molecular weight is 504 g/mol. The van der Waals surface area contributed by atoms with E-state index in [1.54, 1.807) is 30.3 Å². The number of aliphatic hydroxyl groups is 3. The molecular formula is C27H24N2O8. The monoisotopic (exact) mass is 504 g/mol. The van der Waals surface area contributed by atoms with Gasteiger partial charge in [-0.1, -0.05) is 25.1 Å². The fourth-order valence-electron chi connectivity index (χ4n) is 6.02. The van der Waals surface area contributed by atoms with Crippen molar-refractivity contribution >= 4 is 29.1 Å². The number of aliphatic hydroxyl groups excluding tert-OH is 2. The van der Waals surface area contributed by atoms with Crippen LogP contribution in [0.4, 0.5) is 0 Å². The predicted molar refractivity (Wildman–Crippen MR) is 130 cm³/mol. The number of fused-ring (bicyclic) bond motifs is 3. The Bertz CT molecular complexity index is 1490. The predicted octanol–water partition coefficient (Wildman–Crippen LogP) is 1.44. The quantitative estimate of drug-likeness (QED) is 0.337. The van der Waals surface area contributed by atoms with Crippen LogP contribution < -0.4 is 11.5 Å². The number of rotatable bonds is 3. The van der Waals surface area contributed by atoms with E-state index in [1.807, 2.05) is 0 Å². The van der Waals surface area contributed by atoms with Crippen molar-refractivity contribution in [2.24, 2.45) is 29.2 Å². The van der Waals surface area contributed by atoms with Gasteiger partial charge < -0.3 is 31.9 Å². The first-order chi connectivity index (χ1) is 17.4. The fourth-order valence-corrected chi connectivity index (χ4v) is 6.02. The van der Waals surface area contributed by atoms with E-state index in [2.05, 4.69) is 0 Å². The summed E-state index contributed by atoms with van der Waals surface area (Å²) in [6, 6.07) is 9.43. The molecule has 10 nitrogen and oxygen atoms in total. The van der Waals surface area contributed by atoms with Crippen molar-refractivity contribution in [2.75, 3.05) is 0 Å². The molecule has 0 heterocycles. The Morgan fingerprint density at radius 1 is 0.973 bits per heavy atom. The number of primary amides is 2. The number of hydrogen-bond acceptors (Lipinski definition) is 8. The Labute approximate surface area is 210 Å². The number of aromatic hydroxyl groups is 1. The highest BCUT2D eigenvalue weighted by molar-refractivity contribution is 6.23. The highest BCUT2D eigenvalue weighted by atomic mass is 16.3. The van der Waals surface area contributed by atoms with Crippen molar-refractivity contribution in [3.8, 4) is 16.9 Å². The molecule has 8 N–H and O–H groups in total. The van der Waals surface area contributed by atoms with Crippen LogP contribution in [0.1, 0.15) is 34.8 Å². The number of amides is 2. The Morgan fingerprint density at radius 3 is 2.22 bits per heavy atom. The SMILES string of the molecule is C[C@@H]1C(=O)C(C(N)=O)=C(O)[C@@]2(O)C(=O)C3=C(O)c4c(O)ccc(-c5ccc(C(N)=O)cc5)c4C[C@H]3C[C@@H]12. The number of Topliss-reactive ketones (excluding diaryl/α,β-unsaturated/α-hetero) is 2. The molecule has 1 saturated carbocycles. The van der Waals surface area contributed by atoms with Crippen LogP contribution in [-0.2, 0) is 20.8 Å². The van der Waals surface area contributed by atoms with E-state index in [-0.39, 0.29) is 29.7 Å². The standard InChI is InChI=1S/C27H24N2O8/c1-10-16-9-13-8-15-14(11-2-4-12(5-3-11)25(28)35)6-7-17(30)19(15)22(32)18(13)23(33)27(16,37)24(34)20(21(10)31)26(29)36/h2-7,10,13,16,30,32,34,37H,8-9H2,1H3,(H2,28,35)(H2,29,36)/t10-,13-,16-,27-/m0/s1. The summed E-state index contributed by atoms with van der Waals surface area (Å²) in [6.45, 7) is 1.45. The van der Waals surface area contributed by atoms with Gasteiger partial charge in [-0.3, -0.25) is 19.2 Å². The minimum absolute atomic E-state index is 0.00310. The molecular weight excluding hydrogens is 480 g/mol. The molecule has 1 fully saturated rings. The number of phenolic OH excluding ortho intramolecular Hbond substituents is 1. The smallest absolute Gasteiger partial charge is 0.255 e. The van der Waals surface area contributed by atoms with Crippen molar-refractivity contribution in [3.63, 3.8) is 0 Å². The van der Waals surface area contributed by atoms with Crippen LogP contribution in [0.2, 0.25) is 0 Å². The zero-order valence-corrected chi connectivity index (χ0v) is 19.7. The van der Waals surface area contributed by atoms with Crippen molar-refractivity contribution < 1.29 is 39.6 Å². The fraction of sp³-hybridized carbons (Fsp3) is 0.259. The molecule has 2 amide bonds. The van der Waals surface area contributed by atoms with Crippen LogP contribution in [0.25, 0.3) is 16.9 Å². The van der Waals surface area contributed by atoms with E-state index in [0.717, 1.165) is 0 Å². The Balaban J connectivity index is 1.69.